The number of benzene rings is 2. The highest BCUT2D eigenvalue weighted by Gasteiger charge is 2.06. The zero-order valence-electron chi connectivity index (χ0n) is 13.4. The van der Waals surface area contributed by atoms with Crippen LogP contribution in [0.5, 0.6) is 0 Å². The first-order chi connectivity index (χ1) is 10.0. The summed E-state index contributed by atoms with van der Waals surface area (Å²) in [6.45, 7) is 8.49. The molecule has 0 saturated heterocycles. The second-order valence-electron chi connectivity index (χ2n) is 5.79. The van der Waals surface area contributed by atoms with Crippen molar-refractivity contribution in [2.45, 2.75) is 27.7 Å². The minimum Gasteiger partial charge on any atom is -0.340 e. The van der Waals surface area contributed by atoms with E-state index in [1.165, 1.54) is 27.6 Å². The van der Waals surface area contributed by atoms with Crippen LogP contribution in [0.15, 0.2) is 42.5 Å². The molecule has 22 heavy (non-hydrogen) atoms. The van der Waals surface area contributed by atoms with Gasteiger partial charge >= 0.3 is 0 Å². The van der Waals surface area contributed by atoms with Crippen LogP contribution in [-0.2, 0) is 0 Å². The van der Waals surface area contributed by atoms with E-state index in [4.69, 9.17) is 4.98 Å². The highest BCUT2D eigenvalue weighted by Crippen LogP contribution is 2.26. The van der Waals surface area contributed by atoms with Crippen molar-refractivity contribution >= 4 is 34.8 Å². The van der Waals surface area contributed by atoms with Crippen molar-refractivity contribution in [2.75, 3.05) is 5.32 Å². The van der Waals surface area contributed by atoms with E-state index >= 15 is 0 Å². The van der Waals surface area contributed by atoms with E-state index in [0.29, 0.717) is 0 Å². The molecule has 3 heteroatoms. The molecule has 3 rings (SSSR count). The van der Waals surface area contributed by atoms with E-state index < -0.39 is 0 Å². The van der Waals surface area contributed by atoms with Crippen LogP contribution in [0.4, 0.5) is 11.5 Å². The predicted octanol–water partition coefficient (Wildman–Crippen LogP) is 5.63. The lowest BCUT2D eigenvalue weighted by molar-refractivity contribution is 1.30. The van der Waals surface area contributed by atoms with Gasteiger partial charge in [-0.3, -0.25) is 0 Å². The van der Waals surface area contributed by atoms with Crippen LogP contribution in [0.1, 0.15) is 22.3 Å². The van der Waals surface area contributed by atoms with Gasteiger partial charge in [0, 0.05) is 11.1 Å². The van der Waals surface area contributed by atoms with Crippen molar-refractivity contribution in [3.63, 3.8) is 0 Å². The number of pyridine rings is 1. The zero-order valence-corrected chi connectivity index (χ0v) is 14.2. The van der Waals surface area contributed by atoms with Gasteiger partial charge in [-0.05, 0) is 63.1 Å². The minimum absolute atomic E-state index is 0. The van der Waals surface area contributed by atoms with Gasteiger partial charge in [0.2, 0.25) is 0 Å². The van der Waals surface area contributed by atoms with E-state index in [1.54, 1.807) is 0 Å². The fraction of sp³-hybridized carbons (Fsp3) is 0.211. The van der Waals surface area contributed by atoms with E-state index in [2.05, 4.69) is 75.5 Å². The lowest BCUT2D eigenvalue weighted by Gasteiger charge is -2.11. The maximum Gasteiger partial charge on any atom is 0.131 e. The SMILES string of the molecule is Cc1ccc(Nc2cc(C)c3cc(C)cc(C)c3n2)cc1.Cl. The second-order valence-corrected chi connectivity index (χ2v) is 5.79. The summed E-state index contributed by atoms with van der Waals surface area (Å²) < 4.78 is 0. The summed E-state index contributed by atoms with van der Waals surface area (Å²) in [5, 5.41) is 4.63. The van der Waals surface area contributed by atoms with Crippen LogP contribution in [0, 0.1) is 27.7 Å². The smallest absolute Gasteiger partial charge is 0.131 e. The van der Waals surface area contributed by atoms with Crippen LogP contribution >= 0.6 is 12.4 Å². The first kappa shape index (κ1) is 16.3. The normalized spacial score (nSPS) is 10.4. The Labute approximate surface area is 138 Å². The number of aryl methyl sites for hydroxylation is 4. The van der Waals surface area contributed by atoms with Crippen molar-refractivity contribution in [2.24, 2.45) is 0 Å². The number of nitrogens with zero attached hydrogens (tertiary/aromatic N) is 1. The Bertz CT molecular complexity index is 808. The summed E-state index contributed by atoms with van der Waals surface area (Å²) in [4.78, 5) is 4.78. The number of nitrogens with one attached hydrogen (secondary N) is 1. The molecular weight excluding hydrogens is 292 g/mol. The molecule has 2 nitrogen and oxygen atoms in total. The van der Waals surface area contributed by atoms with Crippen molar-refractivity contribution in [3.05, 3.63) is 64.7 Å². The van der Waals surface area contributed by atoms with E-state index in [1.807, 2.05) is 0 Å². The molecule has 0 saturated carbocycles. The lowest BCUT2D eigenvalue weighted by atomic mass is 10.0. The lowest BCUT2D eigenvalue weighted by Crippen LogP contribution is -1.97. The fourth-order valence-corrected chi connectivity index (χ4v) is 2.69. The third kappa shape index (κ3) is 3.23. The molecular formula is C19H21ClN2. The Hall–Kier alpha value is -2.06. The molecule has 0 aliphatic rings. The number of fused-ring (bicyclic) bond motifs is 1. The van der Waals surface area contributed by atoms with E-state index in [9.17, 15) is 0 Å². The summed E-state index contributed by atoms with van der Waals surface area (Å²) in [5.41, 5.74) is 7.16. The Balaban J connectivity index is 0.00000176. The molecule has 114 valence electrons. The Kier molecular flexibility index (Phi) is 4.72. The van der Waals surface area contributed by atoms with E-state index in [-0.39, 0.29) is 12.4 Å². The maximum atomic E-state index is 4.78. The average Bonchev–Trinajstić information content (AvgIpc) is 2.43. The van der Waals surface area contributed by atoms with Gasteiger partial charge in [0.05, 0.1) is 5.52 Å². The van der Waals surface area contributed by atoms with Gasteiger partial charge in [0.15, 0.2) is 0 Å². The van der Waals surface area contributed by atoms with Gasteiger partial charge in [0.1, 0.15) is 5.82 Å². The van der Waals surface area contributed by atoms with Crippen LogP contribution in [-0.4, -0.2) is 4.98 Å². The van der Waals surface area contributed by atoms with Crippen LogP contribution in [0.2, 0.25) is 0 Å². The molecule has 2 aromatic carbocycles. The molecule has 3 aromatic rings. The zero-order chi connectivity index (χ0) is 15.0. The van der Waals surface area contributed by atoms with Gasteiger partial charge in [-0.25, -0.2) is 4.98 Å². The molecule has 0 radical (unpaired) electrons. The minimum atomic E-state index is 0. The summed E-state index contributed by atoms with van der Waals surface area (Å²) in [6, 6.07) is 14.9. The van der Waals surface area contributed by atoms with E-state index in [0.717, 1.165) is 17.0 Å². The topological polar surface area (TPSA) is 24.9 Å². The Morgan fingerprint density at radius 2 is 1.45 bits per heavy atom. The van der Waals surface area contributed by atoms with Crippen molar-refractivity contribution in [1.29, 1.82) is 0 Å². The van der Waals surface area contributed by atoms with Gasteiger partial charge in [-0.15, -0.1) is 12.4 Å². The molecule has 1 aromatic heterocycles. The Morgan fingerprint density at radius 3 is 2.14 bits per heavy atom. The average molecular weight is 313 g/mol. The molecule has 0 bridgehead atoms. The number of halogens is 1. The maximum absolute atomic E-state index is 4.78. The summed E-state index contributed by atoms with van der Waals surface area (Å²) in [7, 11) is 0. The largest absolute Gasteiger partial charge is 0.340 e. The molecule has 0 aliphatic carbocycles. The third-order valence-electron chi connectivity index (χ3n) is 3.78. The monoisotopic (exact) mass is 312 g/mol. The number of rotatable bonds is 2. The first-order valence-electron chi connectivity index (χ1n) is 7.25. The number of hydrogen-bond donors (Lipinski definition) is 1. The summed E-state index contributed by atoms with van der Waals surface area (Å²) in [6.07, 6.45) is 0. The van der Waals surface area contributed by atoms with Gasteiger partial charge in [0.25, 0.3) is 0 Å². The molecule has 0 amide bonds. The van der Waals surface area contributed by atoms with Crippen molar-refractivity contribution in [1.82, 2.24) is 4.98 Å². The highest BCUT2D eigenvalue weighted by molar-refractivity contribution is 5.87. The predicted molar refractivity (Wildman–Crippen MR) is 97.7 cm³/mol. The highest BCUT2D eigenvalue weighted by atomic mass is 35.5. The fourth-order valence-electron chi connectivity index (χ4n) is 2.69. The van der Waals surface area contributed by atoms with Gasteiger partial charge in [-0.1, -0.05) is 29.3 Å². The molecule has 0 aliphatic heterocycles. The van der Waals surface area contributed by atoms with Crippen LogP contribution < -0.4 is 5.32 Å². The molecule has 1 N–H and O–H groups in total. The molecule has 0 spiro atoms. The molecule has 0 fully saturated rings. The quantitative estimate of drug-likeness (QED) is 0.663. The summed E-state index contributed by atoms with van der Waals surface area (Å²) in [5.74, 6) is 0.899. The molecule has 0 unspecified atom stereocenters. The number of hydrogen-bond acceptors (Lipinski definition) is 2. The van der Waals surface area contributed by atoms with Crippen molar-refractivity contribution < 1.29 is 0 Å². The van der Waals surface area contributed by atoms with Crippen LogP contribution in [0.25, 0.3) is 10.9 Å². The van der Waals surface area contributed by atoms with Crippen LogP contribution in [0.3, 0.4) is 0 Å². The molecule has 1 heterocycles. The second kappa shape index (κ2) is 6.37. The Morgan fingerprint density at radius 1 is 0.773 bits per heavy atom. The van der Waals surface area contributed by atoms with Gasteiger partial charge < -0.3 is 5.32 Å². The third-order valence-corrected chi connectivity index (χ3v) is 3.78. The number of anilines is 2. The van der Waals surface area contributed by atoms with Gasteiger partial charge in [-0.2, -0.15) is 0 Å². The standard InChI is InChI=1S/C19H20N2.ClH/c1-12-5-7-16(8-6-12)20-18-11-14(3)17-10-13(2)9-15(4)19(17)21-18;/h5-11H,1-4H3,(H,20,21);1H. The first-order valence-corrected chi connectivity index (χ1v) is 7.25. The molecule has 0 atom stereocenters. The number of aromatic nitrogens is 1. The van der Waals surface area contributed by atoms with Crippen molar-refractivity contribution in [3.8, 4) is 0 Å². The summed E-state index contributed by atoms with van der Waals surface area (Å²) >= 11 is 0.